The maximum absolute atomic E-state index is 12.2. The molecule has 1 aromatic heterocycles. The van der Waals surface area contributed by atoms with E-state index in [1.165, 1.54) is 11.3 Å². The fourth-order valence-electron chi connectivity index (χ4n) is 2.21. The van der Waals surface area contributed by atoms with Crippen LogP contribution in [0.4, 0.5) is 5.13 Å². The molecule has 1 saturated heterocycles. The minimum absolute atomic E-state index is 0.00309. The Hall–Kier alpha value is -0.980. The molecular formula is C13H21N3O2S. The summed E-state index contributed by atoms with van der Waals surface area (Å²) in [4.78, 5) is 18.6. The second-order valence-corrected chi connectivity index (χ2v) is 5.83. The lowest BCUT2D eigenvalue weighted by molar-refractivity contribution is -0.121. The second-order valence-electron chi connectivity index (χ2n) is 4.97. The van der Waals surface area contributed by atoms with Gasteiger partial charge in [0.1, 0.15) is 0 Å². The summed E-state index contributed by atoms with van der Waals surface area (Å²) in [7, 11) is 2.01. The summed E-state index contributed by atoms with van der Waals surface area (Å²) in [5.74, 6) is 0.00309. The number of anilines is 1. The first-order chi connectivity index (χ1) is 9.08. The van der Waals surface area contributed by atoms with E-state index in [9.17, 15) is 4.79 Å². The van der Waals surface area contributed by atoms with Crippen molar-refractivity contribution in [3.05, 3.63) is 11.1 Å². The van der Waals surface area contributed by atoms with Gasteiger partial charge in [-0.15, -0.1) is 11.3 Å². The van der Waals surface area contributed by atoms with Crippen LogP contribution in [0.15, 0.2) is 5.38 Å². The Bertz CT molecular complexity index is 429. The van der Waals surface area contributed by atoms with E-state index in [-0.39, 0.29) is 11.9 Å². The summed E-state index contributed by atoms with van der Waals surface area (Å²) in [5.41, 5.74) is 0.936. The number of amides is 1. The number of thiazole rings is 1. The molecule has 0 aliphatic carbocycles. The van der Waals surface area contributed by atoms with Gasteiger partial charge < -0.3 is 10.1 Å². The molecule has 1 unspecified atom stereocenters. The minimum Gasteiger partial charge on any atom is -0.381 e. The lowest BCUT2D eigenvalue weighted by Gasteiger charge is -2.34. The van der Waals surface area contributed by atoms with Crippen molar-refractivity contribution in [2.45, 2.75) is 38.8 Å². The van der Waals surface area contributed by atoms with Gasteiger partial charge in [-0.05, 0) is 33.7 Å². The topological polar surface area (TPSA) is 54.5 Å². The molecule has 0 saturated carbocycles. The molecular weight excluding hydrogens is 262 g/mol. The number of ether oxygens (including phenoxy) is 1. The van der Waals surface area contributed by atoms with Crippen molar-refractivity contribution in [1.29, 1.82) is 0 Å². The summed E-state index contributed by atoms with van der Waals surface area (Å²) in [6.07, 6.45) is 1.98. The number of carbonyl (C=O) groups excluding carboxylic acids is 1. The highest BCUT2D eigenvalue weighted by atomic mass is 32.1. The number of likely N-dealkylation sites (N-methyl/N-ethyl adjacent to an activating group) is 1. The van der Waals surface area contributed by atoms with Crippen LogP contribution < -0.4 is 5.32 Å². The number of rotatable bonds is 4. The second kappa shape index (κ2) is 6.45. The Labute approximate surface area is 118 Å². The molecule has 5 nitrogen and oxygen atoms in total. The third kappa shape index (κ3) is 3.75. The van der Waals surface area contributed by atoms with Gasteiger partial charge in [-0.25, -0.2) is 4.98 Å². The molecule has 2 rings (SSSR count). The fourth-order valence-corrected chi connectivity index (χ4v) is 2.91. The Morgan fingerprint density at radius 1 is 1.58 bits per heavy atom. The number of nitrogens with one attached hydrogen (secondary N) is 1. The highest BCUT2D eigenvalue weighted by Crippen LogP contribution is 2.18. The molecule has 0 bridgehead atoms. The van der Waals surface area contributed by atoms with E-state index in [0.717, 1.165) is 31.7 Å². The third-order valence-electron chi connectivity index (χ3n) is 3.61. The molecule has 1 amide bonds. The van der Waals surface area contributed by atoms with E-state index in [2.05, 4.69) is 15.2 Å². The molecule has 0 spiro atoms. The van der Waals surface area contributed by atoms with Crippen molar-refractivity contribution in [1.82, 2.24) is 9.88 Å². The molecule has 1 fully saturated rings. The zero-order chi connectivity index (χ0) is 13.8. The largest absolute Gasteiger partial charge is 0.381 e. The first kappa shape index (κ1) is 14.4. The molecule has 1 N–H and O–H groups in total. The van der Waals surface area contributed by atoms with Crippen LogP contribution in [0.5, 0.6) is 0 Å². The van der Waals surface area contributed by atoms with Crippen LogP contribution in [0.25, 0.3) is 0 Å². The van der Waals surface area contributed by atoms with Crippen molar-refractivity contribution in [3.8, 4) is 0 Å². The van der Waals surface area contributed by atoms with Gasteiger partial charge in [0.25, 0.3) is 0 Å². The Balaban J connectivity index is 1.90. The molecule has 1 atom stereocenters. The SMILES string of the molecule is Cc1csc(NC(=O)C(C)N(C)C2CCOCC2)n1. The van der Waals surface area contributed by atoms with Crippen LogP contribution in [0.3, 0.4) is 0 Å². The van der Waals surface area contributed by atoms with Crippen LogP contribution in [0.1, 0.15) is 25.5 Å². The molecule has 1 aromatic rings. The highest BCUT2D eigenvalue weighted by molar-refractivity contribution is 7.13. The van der Waals surface area contributed by atoms with Crippen LogP contribution >= 0.6 is 11.3 Å². The van der Waals surface area contributed by atoms with Crippen LogP contribution in [0.2, 0.25) is 0 Å². The first-order valence-electron chi connectivity index (χ1n) is 6.60. The molecule has 1 aliphatic heterocycles. The van der Waals surface area contributed by atoms with E-state index in [1.807, 2.05) is 26.3 Å². The molecule has 19 heavy (non-hydrogen) atoms. The quantitative estimate of drug-likeness (QED) is 0.917. The minimum atomic E-state index is -0.160. The smallest absolute Gasteiger partial charge is 0.243 e. The number of nitrogens with zero attached hydrogens (tertiary/aromatic N) is 2. The molecule has 0 aromatic carbocycles. The number of hydrogen-bond donors (Lipinski definition) is 1. The summed E-state index contributed by atoms with van der Waals surface area (Å²) in [6.45, 7) is 5.43. The summed E-state index contributed by atoms with van der Waals surface area (Å²) < 4.78 is 5.35. The monoisotopic (exact) mass is 283 g/mol. The van der Waals surface area contributed by atoms with E-state index in [0.29, 0.717) is 11.2 Å². The van der Waals surface area contributed by atoms with E-state index in [4.69, 9.17) is 4.74 Å². The van der Waals surface area contributed by atoms with Gasteiger partial charge in [-0.2, -0.15) is 0 Å². The molecule has 0 radical (unpaired) electrons. The van der Waals surface area contributed by atoms with Gasteiger partial charge in [-0.1, -0.05) is 0 Å². The zero-order valence-corrected chi connectivity index (χ0v) is 12.5. The van der Waals surface area contributed by atoms with Crippen LogP contribution in [-0.2, 0) is 9.53 Å². The zero-order valence-electron chi connectivity index (χ0n) is 11.7. The number of aryl methyl sites for hydroxylation is 1. The average Bonchev–Trinajstić information content (AvgIpc) is 2.83. The van der Waals surface area contributed by atoms with Crippen molar-refractivity contribution in [2.24, 2.45) is 0 Å². The van der Waals surface area contributed by atoms with Gasteiger partial charge in [0.05, 0.1) is 11.7 Å². The average molecular weight is 283 g/mol. The maximum atomic E-state index is 12.2. The summed E-state index contributed by atoms with van der Waals surface area (Å²) >= 11 is 1.46. The van der Waals surface area contributed by atoms with Crippen LogP contribution in [-0.4, -0.2) is 48.1 Å². The Morgan fingerprint density at radius 2 is 2.26 bits per heavy atom. The molecule has 106 valence electrons. The van der Waals surface area contributed by atoms with Gasteiger partial charge in [-0.3, -0.25) is 9.69 Å². The standard InChI is InChI=1S/C13H21N3O2S/c1-9-8-19-13(14-9)15-12(17)10(2)16(3)11-4-6-18-7-5-11/h8,10-11H,4-7H2,1-3H3,(H,14,15,17). The predicted molar refractivity (Wildman–Crippen MR) is 76.5 cm³/mol. The Morgan fingerprint density at radius 3 is 2.84 bits per heavy atom. The van der Waals surface area contributed by atoms with Gasteiger partial charge in [0.15, 0.2) is 5.13 Å². The van der Waals surface area contributed by atoms with Gasteiger partial charge >= 0.3 is 0 Å². The summed E-state index contributed by atoms with van der Waals surface area (Å²) in [6, 6.07) is 0.264. The molecule has 1 aliphatic rings. The number of hydrogen-bond acceptors (Lipinski definition) is 5. The normalized spacial score (nSPS) is 18.5. The van der Waals surface area contributed by atoms with E-state index < -0.39 is 0 Å². The number of carbonyl (C=O) groups is 1. The van der Waals surface area contributed by atoms with E-state index >= 15 is 0 Å². The highest BCUT2D eigenvalue weighted by Gasteiger charge is 2.26. The van der Waals surface area contributed by atoms with Crippen molar-refractivity contribution in [3.63, 3.8) is 0 Å². The van der Waals surface area contributed by atoms with Gasteiger partial charge in [0, 0.05) is 24.6 Å². The van der Waals surface area contributed by atoms with Crippen molar-refractivity contribution in [2.75, 3.05) is 25.6 Å². The first-order valence-corrected chi connectivity index (χ1v) is 7.48. The van der Waals surface area contributed by atoms with Crippen molar-refractivity contribution >= 4 is 22.4 Å². The van der Waals surface area contributed by atoms with Crippen molar-refractivity contribution < 1.29 is 9.53 Å². The van der Waals surface area contributed by atoms with Crippen LogP contribution in [0, 0.1) is 6.92 Å². The summed E-state index contributed by atoms with van der Waals surface area (Å²) in [5, 5.41) is 5.49. The fraction of sp³-hybridized carbons (Fsp3) is 0.692. The molecule has 6 heteroatoms. The lowest BCUT2D eigenvalue weighted by Crippen LogP contribution is -2.47. The Kier molecular flexibility index (Phi) is 4.90. The molecule has 2 heterocycles. The predicted octanol–water partition coefficient (Wildman–Crippen LogP) is 1.89. The lowest BCUT2D eigenvalue weighted by atomic mass is 10.1. The maximum Gasteiger partial charge on any atom is 0.243 e. The number of aromatic nitrogens is 1. The van der Waals surface area contributed by atoms with E-state index in [1.54, 1.807) is 0 Å². The van der Waals surface area contributed by atoms with Gasteiger partial charge in [0.2, 0.25) is 5.91 Å². The third-order valence-corrected chi connectivity index (χ3v) is 4.48.